The van der Waals surface area contributed by atoms with Gasteiger partial charge in [0.05, 0.1) is 17.8 Å². The number of H-pyrrole nitrogens is 2. The molecule has 0 spiro atoms. The molecule has 0 radical (unpaired) electrons. The minimum Gasteiger partial charge on any atom is -0.321 e. The van der Waals surface area contributed by atoms with E-state index >= 15 is 0 Å². The van der Waals surface area contributed by atoms with Crippen molar-refractivity contribution in [1.29, 1.82) is 0 Å². The summed E-state index contributed by atoms with van der Waals surface area (Å²) in [6.07, 6.45) is 5.12. The van der Waals surface area contributed by atoms with E-state index in [1.807, 2.05) is 24.3 Å². The van der Waals surface area contributed by atoms with Crippen LogP contribution in [0.3, 0.4) is 0 Å². The van der Waals surface area contributed by atoms with Crippen LogP contribution in [0.25, 0.3) is 55.4 Å². The summed E-state index contributed by atoms with van der Waals surface area (Å²) in [5, 5.41) is 7.54. The van der Waals surface area contributed by atoms with Gasteiger partial charge in [-0.25, -0.2) is 23.7 Å². The van der Waals surface area contributed by atoms with Crippen molar-refractivity contribution in [3.63, 3.8) is 0 Å². The fraction of sp³-hybridized carbons (Fsp3) is 0.222. The maximum atomic E-state index is 13.6. The number of hydrogen-bond acceptors (Lipinski definition) is 7. The highest BCUT2D eigenvalue weighted by molar-refractivity contribution is 7.15. The van der Waals surface area contributed by atoms with Crippen molar-refractivity contribution in [2.24, 2.45) is 0 Å². The van der Waals surface area contributed by atoms with Gasteiger partial charge in [0, 0.05) is 59.0 Å². The summed E-state index contributed by atoms with van der Waals surface area (Å²) in [5.74, 6) is -2.05. The molecule has 0 bridgehead atoms. The minimum atomic E-state index is -2.62. The second kappa shape index (κ2) is 8.74. The number of aromatic amines is 2. The summed E-state index contributed by atoms with van der Waals surface area (Å²) in [6, 6.07) is 11.9. The Bertz CT molecular complexity index is 1800. The zero-order valence-corrected chi connectivity index (χ0v) is 21.2. The van der Waals surface area contributed by atoms with Crippen LogP contribution in [0.5, 0.6) is 0 Å². The number of nitrogens with zero attached hydrogens (tertiary/aromatic N) is 6. The van der Waals surface area contributed by atoms with Crippen molar-refractivity contribution >= 4 is 33.5 Å². The Morgan fingerprint density at radius 1 is 1.08 bits per heavy atom. The van der Waals surface area contributed by atoms with Crippen LogP contribution < -0.4 is 0 Å². The number of rotatable bonds is 5. The summed E-state index contributed by atoms with van der Waals surface area (Å²) in [5.41, 5.74) is 6.90. The topological polar surface area (TPSA) is 99.3 Å². The lowest BCUT2D eigenvalue weighted by molar-refractivity contribution is 0.0115. The van der Waals surface area contributed by atoms with Crippen molar-refractivity contribution < 1.29 is 8.78 Å². The van der Waals surface area contributed by atoms with Crippen LogP contribution in [0.15, 0.2) is 55.0 Å². The summed E-state index contributed by atoms with van der Waals surface area (Å²) < 4.78 is 27.3. The van der Waals surface area contributed by atoms with Crippen molar-refractivity contribution in [2.45, 2.75) is 25.8 Å². The van der Waals surface area contributed by atoms with Crippen LogP contribution >= 0.6 is 11.3 Å². The molecule has 2 N–H and O–H groups in total. The van der Waals surface area contributed by atoms with Crippen molar-refractivity contribution in [3.8, 4) is 33.2 Å². The molecule has 0 aromatic carbocycles. The van der Waals surface area contributed by atoms with Crippen molar-refractivity contribution in [3.05, 3.63) is 65.4 Å². The third-order valence-corrected chi connectivity index (χ3v) is 7.80. The summed E-state index contributed by atoms with van der Waals surface area (Å²) in [4.78, 5) is 26.0. The zero-order chi connectivity index (χ0) is 25.9. The Morgan fingerprint density at radius 2 is 2.00 bits per heavy atom. The van der Waals surface area contributed by atoms with E-state index in [0.29, 0.717) is 41.5 Å². The number of fused-ring (bicyclic) bond motifs is 2. The second-order valence-electron chi connectivity index (χ2n) is 9.61. The van der Waals surface area contributed by atoms with Gasteiger partial charge in [0.1, 0.15) is 11.0 Å². The van der Waals surface area contributed by atoms with Crippen LogP contribution in [0, 0.1) is 6.92 Å². The molecule has 1 aliphatic rings. The first-order chi connectivity index (χ1) is 18.4. The summed E-state index contributed by atoms with van der Waals surface area (Å²) in [7, 11) is 0. The lowest BCUT2D eigenvalue weighted by Crippen LogP contribution is -2.24. The van der Waals surface area contributed by atoms with E-state index in [9.17, 15) is 8.78 Å². The van der Waals surface area contributed by atoms with Crippen LogP contribution in [0.2, 0.25) is 0 Å². The number of hydrogen-bond donors (Lipinski definition) is 2. The molecule has 1 fully saturated rings. The molecule has 38 heavy (non-hydrogen) atoms. The van der Waals surface area contributed by atoms with Crippen molar-refractivity contribution in [2.75, 3.05) is 13.1 Å². The second-order valence-corrected chi connectivity index (χ2v) is 10.9. The van der Waals surface area contributed by atoms with E-state index in [2.05, 4.69) is 44.2 Å². The molecular formula is C27H22F2N8S. The van der Waals surface area contributed by atoms with E-state index in [0.717, 1.165) is 32.6 Å². The third kappa shape index (κ3) is 4.13. The van der Waals surface area contributed by atoms with Gasteiger partial charge in [0.2, 0.25) is 0 Å². The smallest absolute Gasteiger partial charge is 0.261 e. The number of aryl methyl sites for hydroxylation is 1. The Balaban J connectivity index is 1.24. The molecule has 0 atom stereocenters. The standard InChI is InChI=1S/C27H22F2N8S/c1-15-2-5-21(38-15)18-6-8-31-25-22(18)33-26(34-25)24-23-20(35-36-24)4-3-19(32-23)17-10-16(11-30-12-17)13-37-9-7-27(28,29)14-37/h2-6,8,10-12H,7,9,13-14H2,1H3,(H,35,36)(H,31,33,34). The van der Waals surface area contributed by atoms with Gasteiger partial charge in [-0.05, 0) is 48.9 Å². The summed E-state index contributed by atoms with van der Waals surface area (Å²) >= 11 is 1.71. The highest BCUT2D eigenvalue weighted by Crippen LogP contribution is 2.34. The van der Waals surface area contributed by atoms with Gasteiger partial charge < -0.3 is 4.98 Å². The fourth-order valence-corrected chi connectivity index (χ4v) is 5.83. The molecule has 190 valence electrons. The number of pyridine rings is 3. The molecule has 8 nitrogen and oxygen atoms in total. The highest BCUT2D eigenvalue weighted by Gasteiger charge is 2.37. The molecule has 6 aromatic heterocycles. The lowest BCUT2D eigenvalue weighted by Gasteiger charge is -2.15. The largest absolute Gasteiger partial charge is 0.321 e. The van der Waals surface area contributed by atoms with Crippen LogP contribution in [-0.2, 0) is 6.54 Å². The third-order valence-electron chi connectivity index (χ3n) is 6.77. The molecule has 0 saturated carbocycles. The van der Waals surface area contributed by atoms with Gasteiger partial charge in [-0.1, -0.05) is 0 Å². The van der Waals surface area contributed by atoms with E-state index in [1.165, 1.54) is 4.88 Å². The zero-order valence-electron chi connectivity index (χ0n) is 20.4. The predicted molar refractivity (Wildman–Crippen MR) is 143 cm³/mol. The van der Waals surface area contributed by atoms with Gasteiger partial charge in [-0.2, -0.15) is 5.10 Å². The molecule has 11 heteroatoms. The molecule has 7 heterocycles. The van der Waals surface area contributed by atoms with Crippen molar-refractivity contribution in [1.82, 2.24) is 40.0 Å². The average Bonchev–Trinajstić information content (AvgIpc) is 3.69. The number of nitrogens with one attached hydrogen (secondary N) is 2. The van der Waals surface area contributed by atoms with E-state index in [-0.39, 0.29) is 13.0 Å². The maximum absolute atomic E-state index is 13.6. The maximum Gasteiger partial charge on any atom is 0.261 e. The first-order valence-electron chi connectivity index (χ1n) is 12.2. The molecule has 1 aliphatic heterocycles. The van der Waals surface area contributed by atoms with Gasteiger partial charge in [-0.15, -0.1) is 11.3 Å². The number of halogens is 2. The number of imidazole rings is 1. The molecule has 6 aromatic rings. The molecule has 0 unspecified atom stereocenters. The number of likely N-dealkylation sites (tertiary alicyclic amines) is 1. The number of aromatic nitrogens is 7. The van der Waals surface area contributed by atoms with E-state index < -0.39 is 5.92 Å². The Hall–Kier alpha value is -4.09. The van der Waals surface area contributed by atoms with Crippen LogP contribution in [0.4, 0.5) is 8.78 Å². The Kier molecular flexibility index (Phi) is 5.31. The van der Waals surface area contributed by atoms with Gasteiger partial charge in [0.25, 0.3) is 5.92 Å². The fourth-order valence-electron chi connectivity index (χ4n) is 4.94. The van der Waals surface area contributed by atoms with Crippen LogP contribution in [0.1, 0.15) is 16.9 Å². The first-order valence-corrected chi connectivity index (χ1v) is 13.0. The molecule has 7 rings (SSSR count). The number of alkyl halides is 2. The minimum absolute atomic E-state index is 0.104. The van der Waals surface area contributed by atoms with E-state index in [1.54, 1.807) is 34.8 Å². The molecule has 0 amide bonds. The number of thiophene rings is 1. The molecule has 0 aliphatic carbocycles. The molecular weight excluding hydrogens is 506 g/mol. The normalized spacial score (nSPS) is 15.7. The van der Waals surface area contributed by atoms with Gasteiger partial charge in [0.15, 0.2) is 17.2 Å². The first kappa shape index (κ1) is 23.1. The lowest BCUT2D eigenvalue weighted by atomic mass is 10.1. The van der Waals surface area contributed by atoms with Gasteiger partial charge in [-0.3, -0.25) is 15.0 Å². The Labute approximate surface area is 219 Å². The predicted octanol–water partition coefficient (Wildman–Crippen LogP) is 5.84. The summed E-state index contributed by atoms with van der Waals surface area (Å²) in [6.45, 7) is 2.66. The average molecular weight is 529 g/mol. The Morgan fingerprint density at radius 3 is 2.82 bits per heavy atom. The molecule has 1 saturated heterocycles. The van der Waals surface area contributed by atoms with E-state index in [4.69, 9.17) is 9.97 Å². The van der Waals surface area contributed by atoms with Gasteiger partial charge >= 0.3 is 0 Å². The quantitative estimate of drug-likeness (QED) is 0.292. The highest BCUT2D eigenvalue weighted by atomic mass is 32.1. The monoisotopic (exact) mass is 528 g/mol. The SMILES string of the molecule is Cc1ccc(-c2ccnc3[nH]c(-c4n[nH]c5ccc(-c6cncc(CN7CCC(F)(F)C7)c6)nc45)nc23)s1. The van der Waals surface area contributed by atoms with Crippen LogP contribution in [-0.4, -0.2) is 59.0 Å².